The van der Waals surface area contributed by atoms with Gasteiger partial charge in [0.25, 0.3) is 0 Å². The van der Waals surface area contributed by atoms with E-state index in [0.717, 1.165) is 49.9 Å². The first-order valence-electron chi connectivity index (χ1n) is 9.78. The predicted molar refractivity (Wildman–Crippen MR) is 92.4 cm³/mol. The van der Waals surface area contributed by atoms with Gasteiger partial charge in [-0.25, -0.2) is 0 Å². The first-order valence-corrected chi connectivity index (χ1v) is 9.78. The van der Waals surface area contributed by atoms with E-state index in [1.807, 2.05) is 0 Å². The molecule has 0 spiro atoms. The minimum absolute atomic E-state index is 0.145. The SMILES string of the molecule is CC(C)(CC(=O)N1CCCC1c1nnc2n1CCCCC2)C1CC1. The summed E-state index contributed by atoms with van der Waals surface area (Å²) in [6.07, 6.45) is 10.1. The van der Waals surface area contributed by atoms with Crippen LogP contribution in [0.5, 0.6) is 0 Å². The van der Waals surface area contributed by atoms with Crippen LogP contribution in [0.3, 0.4) is 0 Å². The highest BCUT2D eigenvalue weighted by Crippen LogP contribution is 2.48. The van der Waals surface area contributed by atoms with Gasteiger partial charge in [-0.1, -0.05) is 20.3 Å². The lowest BCUT2D eigenvalue weighted by molar-refractivity contribution is -0.134. The second kappa shape index (κ2) is 6.16. The van der Waals surface area contributed by atoms with Crippen molar-refractivity contribution in [1.82, 2.24) is 19.7 Å². The van der Waals surface area contributed by atoms with Crippen molar-refractivity contribution >= 4 is 5.91 Å². The molecular weight excluding hydrogens is 300 g/mol. The Morgan fingerprint density at radius 1 is 1.08 bits per heavy atom. The van der Waals surface area contributed by atoms with E-state index in [1.54, 1.807) is 0 Å². The normalized spacial score (nSPS) is 24.8. The highest BCUT2D eigenvalue weighted by molar-refractivity contribution is 5.77. The molecule has 1 atom stereocenters. The third kappa shape index (κ3) is 2.98. The Morgan fingerprint density at radius 2 is 1.92 bits per heavy atom. The number of hydrogen-bond acceptors (Lipinski definition) is 3. The topological polar surface area (TPSA) is 51.0 Å². The Balaban J connectivity index is 1.52. The fourth-order valence-corrected chi connectivity index (χ4v) is 4.59. The Hall–Kier alpha value is -1.39. The van der Waals surface area contributed by atoms with Crippen LogP contribution in [-0.4, -0.2) is 32.1 Å². The summed E-state index contributed by atoms with van der Waals surface area (Å²) in [5.74, 6) is 3.23. The summed E-state index contributed by atoms with van der Waals surface area (Å²) in [4.78, 5) is 15.1. The summed E-state index contributed by atoms with van der Waals surface area (Å²) in [5.41, 5.74) is 0.145. The van der Waals surface area contributed by atoms with Gasteiger partial charge in [-0.2, -0.15) is 0 Å². The second-order valence-electron chi connectivity index (χ2n) is 8.62. The van der Waals surface area contributed by atoms with E-state index in [9.17, 15) is 4.79 Å². The average molecular weight is 330 g/mol. The van der Waals surface area contributed by atoms with Crippen molar-refractivity contribution < 1.29 is 4.79 Å². The van der Waals surface area contributed by atoms with Gasteiger partial charge in [-0.15, -0.1) is 10.2 Å². The Morgan fingerprint density at radius 3 is 2.71 bits per heavy atom. The third-order valence-electron chi connectivity index (χ3n) is 6.30. The maximum Gasteiger partial charge on any atom is 0.223 e. The first kappa shape index (κ1) is 16.1. The van der Waals surface area contributed by atoms with Crippen LogP contribution < -0.4 is 0 Å². The van der Waals surface area contributed by atoms with Gasteiger partial charge in [0.15, 0.2) is 5.82 Å². The fraction of sp³-hybridized carbons (Fsp3) is 0.842. The maximum absolute atomic E-state index is 13.0. The zero-order chi connectivity index (χ0) is 16.7. The van der Waals surface area contributed by atoms with E-state index in [2.05, 4.69) is 33.5 Å². The highest BCUT2D eigenvalue weighted by atomic mass is 16.2. The molecule has 2 fully saturated rings. The quantitative estimate of drug-likeness (QED) is 0.849. The van der Waals surface area contributed by atoms with Gasteiger partial charge in [0.2, 0.25) is 5.91 Å². The van der Waals surface area contributed by atoms with Gasteiger partial charge in [-0.05, 0) is 49.9 Å². The lowest BCUT2D eigenvalue weighted by Crippen LogP contribution is -2.35. The standard InChI is InChI=1S/C19H30N4O/c1-19(2,14-9-10-14)13-17(24)22-12-6-7-15(22)18-21-20-16-8-4-3-5-11-23(16)18/h14-15H,3-13H2,1-2H3. The summed E-state index contributed by atoms with van der Waals surface area (Å²) in [6, 6.07) is 0.145. The van der Waals surface area contributed by atoms with Crippen LogP contribution in [0.15, 0.2) is 0 Å². The second-order valence-corrected chi connectivity index (χ2v) is 8.62. The van der Waals surface area contributed by atoms with E-state index in [0.29, 0.717) is 12.3 Å². The van der Waals surface area contributed by atoms with E-state index < -0.39 is 0 Å². The van der Waals surface area contributed by atoms with Crippen molar-refractivity contribution in [3.8, 4) is 0 Å². The minimum atomic E-state index is 0.145. The molecule has 1 aliphatic carbocycles. The lowest BCUT2D eigenvalue weighted by atomic mass is 9.83. The van der Waals surface area contributed by atoms with Gasteiger partial charge < -0.3 is 9.47 Å². The summed E-state index contributed by atoms with van der Waals surface area (Å²) in [5, 5.41) is 8.96. The molecule has 3 heterocycles. The van der Waals surface area contributed by atoms with Crippen molar-refractivity contribution in [1.29, 1.82) is 0 Å². The summed E-state index contributed by atoms with van der Waals surface area (Å²) < 4.78 is 2.31. The maximum atomic E-state index is 13.0. The van der Waals surface area contributed by atoms with Crippen LogP contribution in [-0.2, 0) is 17.8 Å². The highest BCUT2D eigenvalue weighted by Gasteiger charge is 2.42. The number of fused-ring (bicyclic) bond motifs is 1. The number of likely N-dealkylation sites (tertiary alicyclic amines) is 1. The van der Waals surface area contributed by atoms with E-state index in [-0.39, 0.29) is 11.5 Å². The third-order valence-corrected chi connectivity index (χ3v) is 6.30. The molecule has 0 aromatic carbocycles. The van der Waals surface area contributed by atoms with E-state index in [1.165, 1.54) is 32.1 Å². The molecule has 5 heteroatoms. The van der Waals surface area contributed by atoms with Gasteiger partial charge in [0.05, 0.1) is 6.04 Å². The molecule has 1 amide bonds. The number of aryl methyl sites for hydroxylation is 1. The fourth-order valence-electron chi connectivity index (χ4n) is 4.59. The Kier molecular flexibility index (Phi) is 4.13. The smallest absolute Gasteiger partial charge is 0.223 e. The Labute approximate surface area is 144 Å². The molecule has 24 heavy (non-hydrogen) atoms. The van der Waals surface area contributed by atoms with Crippen molar-refractivity contribution in [2.45, 2.75) is 84.2 Å². The average Bonchev–Trinajstić information content (AvgIpc) is 3.24. The van der Waals surface area contributed by atoms with Crippen LogP contribution in [0.4, 0.5) is 0 Å². The van der Waals surface area contributed by atoms with Crippen LogP contribution in [0.25, 0.3) is 0 Å². The Bertz CT molecular complexity index is 617. The van der Waals surface area contributed by atoms with Crippen molar-refractivity contribution in [2.24, 2.45) is 11.3 Å². The summed E-state index contributed by atoms with van der Waals surface area (Å²) in [6.45, 7) is 6.42. The van der Waals surface area contributed by atoms with Gasteiger partial charge in [-0.3, -0.25) is 4.79 Å². The molecular formula is C19H30N4O. The van der Waals surface area contributed by atoms with Gasteiger partial charge in [0, 0.05) is 25.9 Å². The number of amides is 1. The van der Waals surface area contributed by atoms with Crippen LogP contribution in [0, 0.1) is 11.3 Å². The number of rotatable bonds is 4. The zero-order valence-corrected chi connectivity index (χ0v) is 15.1. The molecule has 3 aliphatic rings. The molecule has 1 saturated carbocycles. The van der Waals surface area contributed by atoms with E-state index in [4.69, 9.17) is 0 Å². The van der Waals surface area contributed by atoms with Crippen LogP contribution >= 0.6 is 0 Å². The number of carbonyl (C=O) groups excluding carboxylic acids is 1. The molecule has 1 saturated heterocycles. The lowest BCUT2D eigenvalue weighted by Gasteiger charge is -2.30. The molecule has 0 N–H and O–H groups in total. The number of aromatic nitrogens is 3. The van der Waals surface area contributed by atoms with Crippen molar-refractivity contribution in [3.63, 3.8) is 0 Å². The van der Waals surface area contributed by atoms with Gasteiger partial charge >= 0.3 is 0 Å². The van der Waals surface area contributed by atoms with Crippen molar-refractivity contribution in [3.05, 3.63) is 11.6 Å². The zero-order valence-electron chi connectivity index (χ0n) is 15.1. The monoisotopic (exact) mass is 330 g/mol. The molecule has 0 radical (unpaired) electrons. The minimum Gasteiger partial charge on any atom is -0.332 e. The number of carbonyl (C=O) groups is 1. The molecule has 5 nitrogen and oxygen atoms in total. The van der Waals surface area contributed by atoms with Crippen LogP contribution in [0.1, 0.15) is 82.9 Å². The predicted octanol–water partition coefficient (Wildman–Crippen LogP) is 3.49. The molecule has 132 valence electrons. The van der Waals surface area contributed by atoms with Crippen LogP contribution in [0.2, 0.25) is 0 Å². The molecule has 4 rings (SSSR count). The molecule has 1 unspecified atom stereocenters. The molecule has 2 aliphatic heterocycles. The number of hydrogen-bond donors (Lipinski definition) is 0. The summed E-state index contributed by atoms with van der Waals surface area (Å²) >= 11 is 0. The largest absolute Gasteiger partial charge is 0.332 e. The molecule has 1 aromatic rings. The number of nitrogens with zero attached hydrogens (tertiary/aromatic N) is 4. The van der Waals surface area contributed by atoms with E-state index >= 15 is 0 Å². The molecule has 1 aromatic heterocycles. The van der Waals surface area contributed by atoms with Gasteiger partial charge in [0.1, 0.15) is 5.82 Å². The first-order chi connectivity index (χ1) is 11.6. The summed E-state index contributed by atoms with van der Waals surface area (Å²) in [7, 11) is 0. The molecule has 0 bridgehead atoms. The van der Waals surface area contributed by atoms with Crippen molar-refractivity contribution in [2.75, 3.05) is 6.54 Å².